The second-order valence-corrected chi connectivity index (χ2v) is 6.41. The average molecular weight is 385 g/mol. The SMILES string of the molecule is CC(N)=Nc1nc(C)ncc1CSc1nnc(-c2ccc([N+](=O)[O-])cc2)o1. The number of thioether (sulfide) groups is 1. The smallest absolute Gasteiger partial charge is 0.277 e. The lowest BCUT2D eigenvalue weighted by molar-refractivity contribution is -0.384. The minimum absolute atomic E-state index is 0.00415. The third-order valence-electron chi connectivity index (χ3n) is 3.33. The average Bonchev–Trinajstić information content (AvgIpc) is 3.09. The summed E-state index contributed by atoms with van der Waals surface area (Å²) in [5, 5.41) is 19.0. The van der Waals surface area contributed by atoms with Crippen LogP contribution >= 0.6 is 11.8 Å². The van der Waals surface area contributed by atoms with E-state index < -0.39 is 4.92 Å². The van der Waals surface area contributed by atoms with Gasteiger partial charge in [0, 0.05) is 35.2 Å². The van der Waals surface area contributed by atoms with Gasteiger partial charge in [-0.25, -0.2) is 15.0 Å². The molecule has 2 aromatic heterocycles. The highest BCUT2D eigenvalue weighted by Gasteiger charge is 2.13. The van der Waals surface area contributed by atoms with Crippen molar-refractivity contribution in [2.45, 2.75) is 24.8 Å². The molecule has 1 aromatic carbocycles. The lowest BCUT2D eigenvalue weighted by Gasteiger charge is -2.04. The number of amidine groups is 1. The molecule has 0 spiro atoms. The minimum Gasteiger partial charge on any atom is -0.411 e. The Balaban J connectivity index is 1.73. The van der Waals surface area contributed by atoms with Gasteiger partial charge in [-0.2, -0.15) is 0 Å². The summed E-state index contributed by atoms with van der Waals surface area (Å²) in [6.07, 6.45) is 1.69. The molecule has 0 saturated carbocycles. The molecule has 0 aliphatic heterocycles. The van der Waals surface area contributed by atoms with Gasteiger partial charge in [0.15, 0.2) is 5.82 Å². The van der Waals surface area contributed by atoms with Crippen molar-refractivity contribution in [2.24, 2.45) is 10.7 Å². The Hall–Kier alpha value is -3.34. The molecule has 2 N–H and O–H groups in total. The molecule has 0 fully saturated rings. The maximum absolute atomic E-state index is 10.7. The summed E-state index contributed by atoms with van der Waals surface area (Å²) in [4.78, 5) is 22.9. The Kier molecular flexibility index (Phi) is 5.41. The van der Waals surface area contributed by atoms with Gasteiger partial charge in [-0.15, -0.1) is 10.2 Å². The van der Waals surface area contributed by atoms with Crippen LogP contribution in [0.1, 0.15) is 18.3 Å². The van der Waals surface area contributed by atoms with Crippen LogP contribution in [0, 0.1) is 17.0 Å². The zero-order valence-corrected chi connectivity index (χ0v) is 15.3. The van der Waals surface area contributed by atoms with E-state index in [4.69, 9.17) is 10.2 Å². The summed E-state index contributed by atoms with van der Waals surface area (Å²) < 4.78 is 5.61. The van der Waals surface area contributed by atoms with E-state index in [1.807, 2.05) is 0 Å². The van der Waals surface area contributed by atoms with E-state index >= 15 is 0 Å². The molecule has 10 nitrogen and oxygen atoms in total. The fraction of sp³-hybridized carbons (Fsp3) is 0.188. The van der Waals surface area contributed by atoms with Crippen LogP contribution in [-0.4, -0.2) is 30.9 Å². The van der Waals surface area contributed by atoms with Gasteiger partial charge >= 0.3 is 0 Å². The minimum atomic E-state index is -0.467. The van der Waals surface area contributed by atoms with Crippen LogP contribution in [0.3, 0.4) is 0 Å². The first-order valence-corrected chi connectivity index (χ1v) is 8.75. The second kappa shape index (κ2) is 7.91. The summed E-state index contributed by atoms with van der Waals surface area (Å²) in [6.45, 7) is 3.46. The number of nitro groups is 1. The van der Waals surface area contributed by atoms with Gasteiger partial charge < -0.3 is 10.2 Å². The van der Waals surface area contributed by atoms with Crippen LogP contribution in [0.25, 0.3) is 11.5 Å². The van der Waals surface area contributed by atoms with Crippen LogP contribution in [0.4, 0.5) is 11.5 Å². The molecule has 0 atom stereocenters. The number of nitro benzene ring substituents is 1. The number of benzene rings is 1. The van der Waals surface area contributed by atoms with Crippen molar-refractivity contribution in [3.8, 4) is 11.5 Å². The number of aliphatic imine (C=N–C) groups is 1. The number of nitrogens with two attached hydrogens (primary N) is 1. The molecule has 3 aromatic rings. The first-order valence-electron chi connectivity index (χ1n) is 7.77. The third kappa shape index (κ3) is 4.64. The Morgan fingerprint density at radius 1 is 1.33 bits per heavy atom. The second-order valence-electron chi connectivity index (χ2n) is 5.49. The van der Waals surface area contributed by atoms with Crippen LogP contribution in [0.5, 0.6) is 0 Å². The van der Waals surface area contributed by atoms with Crippen LogP contribution in [0.2, 0.25) is 0 Å². The van der Waals surface area contributed by atoms with Crippen molar-refractivity contribution in [3.63, 3.8) is 0 Å². The fourth-order valence-corrected chi connectivity index (χ4v) is 2.82. The number of hydrogen-bond donors (Lipinski definition) is 1. The van der Waals surface area contributed by atoms with Crippen molar-refractivity contribution in [1.82, 2.24) is 20.2 Å². The molecule has 0 unspecified atom stereocenters. The highest BCUT2D eigenvalue weighted by atomic mass is 32.2. The molecule has 0 radical (unpaired) electrons. The topological polar surface area (TPSA) is 146 Å². The molecule has 3 rings (SSSR count). The summed E-state index contributed by atoms with van der Waals surface area (Å²) in [5.74, 6) is 2.25. The summed E-state index contributed by atoms with van der Waals surface area (Å²) in [7, 11) is 0. The van der Waals surface area contributed by atoms with Gasteiger partial charge in [0.1, 0.15) is 5.82 Å². The van der Waals surface area contributed by atoms with Crippen molar-refractivity contribution < 1.29 is 9.34 Å². The molecule has 138 valence electrons. The molecule has 11 heteroatoms. The summed E-state index contributed by atoms with van der Waals surface area (Å²) >= 11 is 1.31. The Labute approximate surface area is 158 Å². The van der Waals surface area contributed by atoms with E-state index in [2.05, 4.69) is 25.2 Å². The Morgan fingerprint density at radius 3 is 2.74 bits per heavy atom. The maximum atomic E-state index is 10.7. The third-order valence-corrected chi connectivity index (χ3v) is 4.19. The molecule has 0 bridgehead atoms. The highest BCUT2D eigenvalue weighted by Crippen LogP contribution is 2.29. The normalized spacial score (nSPS) is 11.6. The van der Waals surface area contributed by atoms with Gasteiger partial charge in [-0.05, 0) is 26.0 Å². The molecular formula is C16H15N7O3S. The lowest BCUT2D eigenvalue weighted by Crippen LogP contribution is -2.05. The lowest BCUT2D eigenvalue weighted by atomic mass is 10.2. The first kappa shape index (κ1) is 18.5. The quantitative estimate of drug-likeness (QED) is 0.222. The van der Waals surface area contributed by atoms with E-state index in [1.54, 1.807) is 32.2 Å². The van der Waals surface area contributed by atoms with Crippen molar-refractivity contribution in [1.29, 1.82) is 0 Å². The van der Waals surface area contributed by atoms with Gasteiger partial charge in [0.05, 0.1) is 10.8 Å². The number of rotatable bonds is 6. The molecule has 27 heavy (non-hydrogen) atoms. The standard InChI is InChI=1S/C16H15N7O3S/c1-9(17)19-14-12(7-18-10(2)20-14)8-27-16-22-21-15(26-16)11-3-5-13(6-4-11)23(24)25/h3-7H,8H2,1-2H3,(H2,17,18,19,20). The molecule has 0 aliphatic carbocycles. The molecular weight excluding hydrogens is 370 g/mol. The Morgan fingerprint density at radius 2 is 2.07 bits per heavy atom. The maximum Gasteiger partial charge on any atom is 0.277 e. The van der Waals surface area contributed by atoms with Crippen LogP contribution < -0.4 is 5.73 Å². The predicted molar refractivity (Wildman–Crippen MR) is 99.7 cm³/mol. The number of hydrogen-bond acceptors (Lipinski definition) is 9. The van der Waals surface area contributed by atoms with Gasteiger partial charge in [0.2, 0.25) is 5.89 Å². The van der Waals surface area contributed by atoms with Crippen LogP contribution in [0.15, 0.2) is 45.1 Å². The first-order chi connectivity index (χ1) is 12.9. The monoisotopic (exact) mass is 385 g/mol. The molecule has 0 aliphatic rings. The summed E-state index contributed by atoms with van der Waals surface area (Å²) in [5.41, 5.74) is 7.03. The van der Waals surface area contributed by atoms with E-state index in [1.165, 1.54) is 23.9 Å². The molecule has 2 heterocycles. The summed E-state index contributed by atoms with van der Waals surface area (Å²) in [6, 6.07) is 5.89. The largest absolute Gasteiger partial charge is 0.411 e. The van der Waals surface area contributed by atoms with E-state index in [0.717, 1.165) is 5.56 Å². The van der Waals surface area contributed by atoms with Gasteiger partial charge in [0.25, 0.3) is 10.9 Å². The van der Waals surface area contributed by atoms with Crippen molar-refractivity contribution in [3.05, 3.63) is 52.0 Å². The van der Waals surface area contributed by atoms with Crippen molar-refractivity contribution >= 4 is 29.1 Å². The van der Waals surface area contributed by atoms with Crippen molar-refractivity contribution in [2.75, 3.05) is 0 Å². The number of aryl methyl sites for hydroxylation is 1. The fourth-order valence-electron chi connectivity index (χ4n) is 2.10. The van der Waals surface area contributed by atoms with Crippen LogP contribution in [-0.2, 0) is 5.75 Å². The zero-order valence-electron chi connectivity index (χ0n) is 14.5. The van der Waals surface area contributed by atoms with E-state index in [9.17, 15) is 10.1 Å². The number of non-ortho nitro benzene ring substituents is 1. The molecule has 0 saturated heterocycles. The molecule has 0 amide bonds. The Bertz CT molecular complexity index is 998. The van der Waals surface area contributed by atoms with E-state index in [0.29, 0.717) is 34.0 Å². The van der Waals surface area contributed by atoms with E-state index in [-0.39, 0.29) is 11.6 Å². The highest BCUT2D eigenvalue weighted by molar-refractivity contribution is 7.98. The zero-order chi connectivity index (χ0) is 19.4. The van der Waals surface area contributed by atoms with Gasteiger partial charge in [-0.1, -0.05) is 11.8 Å². The number of nitrogens with zero attached hydrogens (tertiary/aromatic N) is 6. The number of aromatic nitrogens is 4. The predicted octanol–water partition coefficient (Wildman–Crippen LogP) is 3.04. The van der Waals surface area contributed by atoms with Gasteiger partial charge in [-0.3, -0.25) is 10.1 Å².